The van der Waals surface area contributed by atoms with E-state index in [0.29, 0.717) is 17.3 Å². The molecular weight excluding hydrogens is 547 g/mol. The second-order valence-corrected chi connectivity index (χ2v) is 11.7. The Morgan fingerprint density at radius 2 is 1.86 bits per heavy atom. The van der Waals surface area contributed by atoms with Gasteiger partial charge in [-0.05, 0) is 54.9 Å². The zero-order valence-electron chi connectivity index (χ0n) is 24.5. The fourth-order valence-corrected chi connectivity index (χ4v) is 4.94. The van der Waals surface area contributed by atoms with E-state index >= 15 is 4.39 Å². The number of ether oxygens (including phenoxy) is 1. The van der Waals surface area contributed by atoms with E-state index in [-0.39, 0.29) is 16.9 Å². The molecule has 0 unspecified atom stereocenters. The SMILES string of the molecule is CN1CCc2ccc(-n3nc(C(C)(C)C)cc3NC(=O)Nc3ccc(Oc4ccnc(-c5cn[nH]c5)c4)cc3F)cc2C1. The van der Waals surface area contributed by atoms with Crippen LogP contribution in [0.4, 0.5) is 20.7 Å². The molecule has 0 saturated carbocycles. The number of nitrogens with one attached hydrogen (secondary N) is 3. The lowest BCUT2D eigenvalue weighted by Gasteiger charge is -2.25. The van der Waals surface area contributed by atoms with Gasteiger partial charge in [0.2, 0.25) is 0 Å². The number of amides is 2. The average molecular weight is 581 g/mol. The molecule has 11 heteroatoms. The Labute approximate surface area is 248 Å². The minimum absolute atomic E-state index is 0.0117. The molecule has 3 aromatic heterocycles. The minimum atomic E-state index is -0.639. The van der Waals surface area contributed by atoms with Gasteiger partial charge in [0.1, 0.15) is 23.1 Å². The molecule has 0 fully saturated rings. The van der Waals surface area contributed by atoms with Crippen LogP contribution in [0.5, 0.6) is 11.5 Å². The Morgan fingerprint density at radius 3 is 2.63 bits per heavy atom. The summed E-state index contributed by atoms with van der Waals surface area (Å²) in [5, 5.41) is 17.0. The summed E-state index contributed by atoms with van der Waals surface area (Å²) >= 11 is 0. The van der Waals surface area contributed by atoms with Crippen molar-refractivity contribution in [1.82, 2.24) is 29.9 Å². The Bertz CT molecular complexity index is 1770. The second-order valence-electron chi connectivity index (χ2n) is 11.7. The van der Waals surface area contributed by atoms with E-state index in [4.69, 9.17) is 9.84 Å². The lowest BCUT2D eigenvalue weighted by atomic mass is 9.92. The molecule has 5 aromatic rings. The smallest absolute Gasteiger partial charge is 0.324 e. The van der Waals surface area contributed by atoms with Gasteiger partial charge in [0, 0.05) is 54.7 Å². The maximum Gasteiger partial charge on any atom is 0.324 e. The van der Waals surface area contributed by atoms with Crippen LogP contribution in [0, 0.1) is 5.82 Å². The van der Waals surface area contributed by atoms with Crippen molar-refractivity contribution in [2.75, 3.05) is 24.2 Å². The van der Waals surface area contributed by atoms with Crippen LogP contribution in [0.2, 0.25) is 0 Å². The quantitative estimate of drug-likeness (QED) is 0.211. The highest BCUT2D eigenvalue weighted by atomic mass is 19.1. The summed E-state index contributed by atoms with van der Waals surface area (Å²) in [4.78, 5) is 19.7. The first-order valence-electron chi connectivity index (χ1n) is 14.0. The second kappa shape index (κ2) is 11.3. The minimum Gasteiger partial charge on any atom is -0.457 e. The molecule has 1 aliphatic heterocycles. The number of carbonyl (C=O) groups excluding carboxylic acids is 1. The van der Waals surface area contributed by atoms with Crippen LogP contribution in [0.3, 0.4) is 0 Å². The van der Waals surface area contributed by atoms with Gasteiger partial charge < -0.3 is 15.0 Å². The van der Waals surface area contributed by atoms with E-state index in [1.807, 2.05) is 12.1 Å². The number of nitrogens with zero attached hydrogens (tertiary/aromatic N) is 5. The zero-order chi connectivity index (χ0) is 30.1. The standard InChI is InChI=1S/C32H33FN8O2/c1-32(2,3)29-16-30(41(39-29)23-6-5-20-10-12-40(4)19-21(20)13-23)38-31(42)37-27-8-7-24(14-26(27)33)43-25-9-11-34-28(15-25)22-17-35-36-18-22/h5-9,11,13-18H,10,12,19H2,1-4H3,(H,35,36)(H2,37,38,42). The van der Waals surface area contributed by atoms with Crippen LogP contribution in [-0.2, 0) is 18.4 Å². The highest BCUT2D eigenvalue weighted by Gasteiger charge is 2.23. The molecule has 6 rings (SSSR count). The Morgan fingerprint density at radius 1 is 1.02 bits per heavy atom. The van der Waals surface area contributed by atoms with E-state index in [2.05, 4.69) is 70.7 Å². The number of hydrogen-bond donors (Lipinski definition) is 3. The Balaban J connectivity index is 1.19. The van der Waals surface area contributed by atoms with E-state index in [1.165, 1.54) is 23.3 Å². The molecular formula is C32H33FN8O2. The van der Waals surface area contributed by atoms with Crippen LogP contribution < -0.4 is 15.4 Å². The molecule has 10 nitrogen and oxygen atoms in total. The van der Waals surface area contributed by atoms with Crippen molar-refractivity contribution in [2.24, 2.45) is 0 Å². The molecule has 3 N–H and O–H groups in total. The maximum atomic E-state index is 15.1. The van der Waals surface area contributed by atoms with Gasteiger partial charge in [-0.15, -0.1) is 0 Å². The number of pyridine rings is 1. The number of aromatic amines is 1. The molecule has 0 aliphatic carbocycles. The van der Waals surface area contributed by atoms with Crippen LogP contribution >= 0.6 is 0 Å². The number of carbonyl (C=O) groups is 1. The van der Waals surface area contributed by atoms with Gasteiger partial charge >= 0.3 is 6.03 Å². The summed E-state index contributed by atoms with van der Waals surface area (Å²) in [6, 6.07) is 15.2. The lowest BCUT2D eigenvalue weighted by molar-refractivity contribution is 0.262. The molecule has 43 heavy (non-hydrogen) atoms. The first kappa shape index (κ1) is 28.1. The molecule has 0 saturated heterocycles. The van der Waals surface area contributed by atoms with Gasteiger partial charge in [-0.2, -0.15) is 10.2 Å². The molecule has 220 valence electrons. The summed E-state index contributed by atoms with van der Waals surface area (Å²) in [6.07, 6.45) is 5.97. The van der Waals surface area contributed by atoms with E-state index in [9.17, 15) is 4.79 Å². The molecule has 0 atom stereocenters. The van der Waals surface area contributed by atoms with E-state index in [1.54, 1.807) is 41.5 Å². The van der Waals surface area contributed by atoms with Crippen molar-refractivity contribution in [2.45, 2.75) is 39.2 Å². The molecule has 4 heterocycles. The maximum absolute atomic E-state index is 15.1. The van der Waals surface area contributed by atoms with Crippen molar-refractivity contribution in [3.63, 3.8) is 0 Å². The predicted octanol–water partition coefficient (Wildman–Crippen LogP) is 6.52. The number of likely N-dealkylation sites (N-methyl/N-ethyl adjacent to an activating group) is 1. The summed E-state index contributed by atoms with van der Waals surface area (Å²) in [6.45, 7) is 8.07. The van der Waals surface area contributed by atoms with Crippen molar-refractivity contribution in [1.29, 1.82) is 0 Å². The van der Waals surface area contributed by atoms with Crippen molar-refractivity contribution in [3.05, 3.63) is 95.8 Å². The third-order valence-electron chi connectivity index (χ3n) is 7.31. The van der Waals surface area contributed by atoms with Gasteiger partial charge in [-0.3, -0.25) is 15.4 Å². The Hall–Kier alpha value is -5.03. The largest absolute Gasteiger partial charge is 0.457 e. The average Bonchev–Trinajstić information content (AvgIpc) is 3.65. The van der Waals surface area contributed by atoms with Crippen LogP contribution in [-0.4, -0.2) is 49.5 Å². The molecule has 2 amide bonds. The number of urea groups is 1. The van der Waals surface area contributed by atoms with E-state index < -0.39 is 11.8 Å². The van der Waals surface area contributed by atoms with Gasteiger partial charge in [0.05, 0.1) is 29.0 Å². The molecule has 0 bridgehead atoms. The van der Waals surface area contributed by atoms with Gasteiger partial charge in [0.15, 0.2) is 0 Å². The van der Waals surface area contributed by atoms with Crippen molar-refractivity contribution < 1.29 is 13.9 Å². The third kappa shape index (κ3) is 6.26. The van der Waals surface area contributed by atoms with Gasteiger partial charge in [0.25, 0.3) is 0 Å². The molecule has 1 aliphatic rings. The van der Waals surface area contributed by atoms with Crippen molar-refractivity contribution in [3.8, 4) is 28.4 Å². The topological polar surface area (TPSA) is 113 Å². The monoisotopic (exact) mass is 580 g/mol. The zero-order valence-corrected chi connectivity index (χ0v) is 24.5. The first-order chi connectivity index (χ1) is 20.6. The fourth-order valence-electron chi connectivity index (χ4n) is 4.94. The molecule has 0 spiro atoms. The number of hydrogen-bond acceptors (Lipinski definition) is 6. The van der Waals surface area contributed by atoms with Crippen molar-refractivity contribution >= 4 is 17.5 Å². The first-order valence-corrected chi connectivity index (χ1v) is 14.0. The molecule has 2 aromatic carbocycles. The predicted molar refractivity (Wildman–Crippen MR) is 163 cm³/mol. The number of halogens is 1. The normalized spacial score (nSPS) is 13.4. The summed E-state index contributed by atoms with van der Waals surface area (Å²) in [7, 11) is 2.11. The van der Waals surface area contributed by atoms with Crippen LogP contribution in [0.15, 0.2) is 73.2 Å². The highest BCUT2D eigenvalue weighted by molar-refractivity contribution is 5.99. The van der Waals surface area contributed by atoms with Crippen LogP contribution in [0.1, 0.15) is 37.6 Å². The number of fused-ring (bicyclic) bond motifs is 1. The number of benzene rings is 2. The summed E-state index contributed by atoms with van der Waals surface area (Å²) in [5.41, 5.74) is 5.46. The third-order valence-corrected chi connectivity index (χ3v) is 7.31. The lowest BCUT2D eigenvalue weighted by Crippen LogP contribution is -2.26. The summed E-state index contributed by atoms with van der Waals surface area (Å²) in [5.74, 6) is 0.608. The Kier molecular flexibility index (Phi) is 7.41. The number of H-pyrrole nitrogens is 1. The number of aromatic nitrogens is 5. The number of anilines is 2. The van der Waals surface area contributed by atoms with E-state index in [0.717, 1.165) is 36.5 Å². The number of rotatable bonds is 6. The van der Waals surface area contributed by atoms with Crippen LogP contribution in [0.25, 0.3) is 16.9 Å². The summed E-state index contributed by atoms with van der Waals surface area (Å²) < 4.78 is 22.7. The van der Waals surface area contributed by atoms with Gasteiger partial charge in [-0.1, -0.05) is 26.8 Å². The molecule has 0 radical (unpaired) electrons. The fraction of sp³-hybridized carbons (Fsp3) is 0.250. The highest BCUT2D eigenvalue weighted by Crippen LogP contribution is 2.30. The van der Waals surface area contributed by atoms with Gasteiger partial charge in [-0.25, -0.2) is 13.9 Å².